The molecule has 0 rings (SSSR count). The first-order valence-corrected chi connectivity index (χ1v) is 3.78. The molecule has 0 aliphatic carbocycles. The van der Waals surface area contributed by atoms with Crippen LogP contribution in [0.1, 0.15) is 13.3 Å². The van der Waals surface area contributed by atoms with Crippen LogP contribution in [0.4, 0.5) is 18.0 Å². The van der Waals surface area contributed by atoms with Crippen molar-refractivity contribution < 1.29 is 22.7 Å². The largest absolute Gasteiger partial charge is 0.440 e. The van der Waals surface area contributed by atoms with Gasteiger partial charge in [0.2, 0.25) is 0 Å². The molecule has 0 saturated heterocycles. The van der Waals surface area contributed by atoms with Crippen LogP contribution in [-0.4, -0.2) is 24.9 Å². The van der Waals surface area contributed by atoms with E-state index in [1.807, 2.05) is 0 Å². The molecule has 3 nitrogen and oxygen atoms in total. The fourth-order valence-corrected chi connectivity index (χ4v) is 0.618. The first-order valence-electron chi connectivity index (χ1n) is 3.78. The molecule has 6 heteroatoms. The lowest BCUT2D eigenvalue weighted by Crippen LogP contribution is -2.34. The monoisotopic (exact) mass is 209 g/mol. The highest BCUT2D eigenvalue weighted by Gasteiger charge is 2.29. The Morgan fingerprint density at radius 2 is 2.21 bits per heavy atom. The summed E-state index contributed by atoms with van der Waals surface area (Å²) in [5.41, 5.74) is 0. The number of hydrogen-bond donors (Lipinski definition) is 1. The Labute approximate surface area is 79.6 Å². The van der Waals surface area contributed by atoms with Crippen LogP contribution >= 0.6 is 0 Å². The van der Waals surface area contributed by atoms with E-state index in [1.165, 1.54) is 0 Å². The minimum Gasteiger partial charge on any atom is -0.440 e. The van der Waals surface area contributed by atoms with Crippen LogP contribution in [0.15, 0.2) is 0 Å². The lowest BCUT2D eigenvalue weighted by atomic mass is 10.2. The van der Waals surface area contributed by atoms with Gasteiger partial charge in [0.25, 0.3) is 0 Å². The lowest BCUT2D eigenvalue weighted by Gasteiger charge is -2.12. The third kappa shape index (κ3) is 7.28. The van der Waals surface area contributed by atoms with Crippen LogP contribution in [0.3, 0.4) is 0 Å². The molecule has 1 N–H and O–H groups in total. The second-order valence-corrected chi connectivity index (χ2v) is 2.64. The maximum Gasteiger partial charge on any atom is 0.422 e. The molecule has 0 heterocycles. The summed E-state index contributed by atoms with van der Waals surface area (Å²) in [5.74, 6) is 2.25. The van der Waals surface area contributed by atoms with Gasteiger partial charge in [0, 0.05) is 12.5 Å². The molecule has 0 saturated carbocycles. The molecule has 0 fully saturated rings. The molecule has 0 aliphatic heterocycles. The Balaban J connectivity index is 3.72. The fraction of sp³-hybridized carbons (Fsp3) is 0.625. The van der Waals surface area contributed by atoms with Crippen LogP contribution in [0.2, 0.25) is 0 Å². The Bertz CT molecular complexity index is 232. The predicted octanol–water partition coefficient (Wildman–Crippen LogP) is 1.69. The zero-order chi connectivity index (χ0) is 11.2. The van der Waals surface area contributed by atoms with Gasteiger partial charge in [0.05, 0.1) is 0 Å². The van der Waals surface area contributed by atoms with Crippen molar-refractivity contribution >= 4 is 6.09 Å². The first kappa shape index (κ1) is 12.6. The lowest BCUT2D eigenvalue weighted by molar-refractivity contribution is -0.160. The number of nitrogens with one attached hydrogen (secondary N) is 1. The smallest absolute Gasteiger partial charge is 0.422 e. The predicted molar refractivity (Wildman–Crippen MR) is 43.5 cm³/mol. The summed E-state index contributed by atoms with van der Waals surface area (Å²) in [7, 11) is 0. The zero-order valence-electron chi connectivity index (χ0n) is 7.52. The van der Waals surface area contributed by atoms with Crippen molar-refractivity contribution in [1.82, 2.24) is 5.32 Å². The van der Waals surface area contributed by atoms with E-state index in [1.54, 1.807) is 6.92 Å². The van der Waals surface area contributed by atoms with Gasteiger partial charge in [-0.05, 0) is 6.92 Å². The highest BCUT2D eigenvalue weighted by atomic mass is 19.4. The molecule has 1 unspecified atom stereocenters. The summed E-state index contributed by atoms with van der Waals surface area (Å²) in [6.07, 6.45) is -0.464. The zero-order valence-corrected chi connectivity index (χ0v) is 7.52. The Hall–Kier alpha value is -1.38. The number of terminal acetylenes is 1. The second kappa shape index (κ2) is 5.37. The number of carbonyl (C=O) groups is 1. The number of rotatable bonds is 3. The Morgan fingerprint density at radius 1 is 1.64 bits per heavy atom. The highest BCUT2D eigenvalue weighted by molar-refractivity contribution is 5.67. The van der Waals surface area contributed by atoms with E-state index in [4.69, 9.17) is 6.42 Å². The van der Waals surface area contributed by atoms with Crippen LogP contribution in [0.5, 0.6) is 0 Å². The van der Waals surface area contributed by atoms with E-state index in [0.717, 1.165) is 0 Å². The first-order chi connectivity index (χ1) is 6.35. The highest BCUT2D eigenvalue weighted by Crippen LogP contribution is 2.14. The molecule has 0 aromatic rings. The molecule has 14 heavy (non-hydrogen) atoms. The SMILES string of the molecule is C#CCC(C)NC(=O)OCC(F)(F)F. The van der Waals surface area contributed by atoms with Crippen molar-refractivity contribution in [3.05, 3.63) is 0 Å². The average molecular weight is 209 g/mol. The molecular formula is C8H10F3NO2. The quantitative estimate of drug-likeness (QED) is 0.718. The van der Waals surface area contributed by atoms with E-state index in [0.29, 0.717) is 0 Å². The summed E-state index contributed by atoms with van der Waals surface area (Å²) >= 11 is 0. The van der Waals surface area contributed by atoms with Crippen LogP contribution in [0.25, 0.3) is 0 Å². The molecular weight excluding hydrogens is 199 g/mol. The molecule has 0 spiro atoms. The van der Waals surface area contributed by atoms with Crippen molar-refractivity contribution in [2.75, 3.05) is 6.61 Å². The number of hydrogen-bond acceptors (Lipinski definition) is 2. The van der Waals surface area contributed by atoms with Gasteiger partial charge >= 0.3 is 12.3 Å². The fourth-order valence-electron chi connectivity index (χ4n) is 0.618. The maximum absolute atomic E-state index is 11.6. The van der Waals surface area contributed by atoms with Gasteiger partial charge < -0.3 is 10.1 Å². The Kier molecular flexibility index (Phi) is 4.84. The average Bonchev–Trinajstić information content (AvgIpc) is 2.00. The number of alkyl halides is 3. The number of alkyl carbamates (subject to hydrolysis) is 1. The van der Waals surface area contributed by atoms with Gasteiger partial charge in [-0.2, -0.15) is 13.2 Å². The molecule has 0 bridgehead atoms. The number of halogens is 3. The topological polar surface area (TPSA) is 38.3 Å². The van der Waals surface area contributed by atoms with Crippen molar-refractivity contribution in [2.24, 2.45) is 0 Å². The molecule has 1 amide bonds. The minimum atomic E-state index is -4.51. The van der Waals surface area contributed by atoms with Crippen molar-refractivity contribution in [3.8, 4) is 12.3 Å². The summed E-state index contributed by atoms with van der Waals surface area (Å²) < 4.78 is 38.6. The van der Waals surface area contributed by atoms with Crippen molar-refractivity contribution in [1.29, 1.82) is 0 Å². The van der Waals surface area contributed by atoms with Gasteiger partial charge in [-0.1, -0.05) is 0 Å². The molecule has 80 valence electrons. The molecule has 0 aromatic heterocycles. The summed E-state index contributed by atoms with van der Waals surface area (Å²) in [5, 5.41) is 2.15. The van der Waals surface area contributed by atoms with Crippen LogP contribution in [0, 0.1) is 12.3 Å². The number of amides is 1. The summed E-state index contributed by atoms with van der Waals surface area (Å²) in [6, 6.07) is -0.402. The maximum atomic E-state index is 11.6. The van der Waals surface area contributed by atoms with Gasteiger partial charge in [-0.15, -0.1) is 12.3 Å². The molecule has 0 aliphatic rings. The Morgan fingerprint density at radius 3 is 2.64 bits per heavy atom. The van der Waals surface area contributed by atoms with E-state index in [9.17, 15) is 18.0 Å². The van der Waals surface area contributed by atoms with Crippen molar-refractivity contribution in [3.63, 3.8) is 0 Å². The van der Waals surface area contributed by atoms with Gasteiger partial charge in [-0.3, -0.25) is 0 Å². The third-order valence-electron chi connectivity index (χ3n) is 1.16. The molecule has 0 radical (unpaired) electrons. The van der Waals surface area contributed by atoms with Crippen LogP contribution in [-0.2, 0) is 4.74 Å². The van der Waals surface area contributed by atoms with Crippen LogP contribution < -0.4 is 5.32 Å². The minimum absolute atomic E-state index is 0.237. The van der Waals surface area contributed by atoms with E-state index < -0.39 is 24.9 Å². The van der Waals surface area contributed by atoms with Gasteiger partial charge in [0.15, 0.2) is 6.61 Å². The van der Waals surface area contributed by atoms with E-state index >= 15 is 0 Å². The number of carbonyl (C=O) groups excluding carboxylic acids is 1. The van der Waals surface area contributed by atoms with Gasteiger partial charge in [0.1, 0.15) is 0 Å². The molecule has 1 atom stereocenters. The molecule has 0 aromatic carbocycles. The van der Waals surface area contributed by atoms with Gasteiger partial charge in [-0.25, -0.2) is 4.79 Å². The number of ether oxygens (including phenoxy) is 1. The summed E-state index contributed by atoms with van der Waals surface area (Å²) in [4.78, 5) is 10.7. The third-order valence-corrected chi connectivity index (χ3v) is 1.16. The van der Waals surface area contributed by atoms with Crippen molar-refractivity contribution in [2.45, 2.75) is 25.6 Å². The second-order valence-electron chi connectivity index (χ2n) is 2.64. The van der Waals surface area contributed by atoms with E-state index in [-0.39, 0.29) is 6.42 Å². The standard InChI is InChI=1S/C8H10F3NO2/c1-3-4-6(2)12-7(13)14-5-8(9,10)11/h1,6H,4-5H2,2H3,(H,12,13). The van der Waals surface area contributed by atoms with E-state index in [2.05, 4.69) is 16.0 Å². The normalized spacial score (nSPS) is 12.8. The summed E-state index contributed by atoms with van der Waals surface area (Å²) in [6.45, 7) is -0.0314.